The number of amides is 1. The van der Waals surface area contributed by atoms with Crippen molar-refractivity contribution >= 4 is 22.8 Å². The van der Waals surface area contributed by atoms with Gasteiger partial charge in [0.15, 0.2) is 6.10 Å². The highest BCUT2D eigenvalue weighted by atomic mass is 16.5. The van der Waals surface area contributed by atoms with Gasteiger partial charge in [0.05, 0.1) is 5.56 Å². The van der Waals surface area contributed by atoms with Crippen LogP contribution in [0.1, 0.15) is 28.4 Å². The average Bonchev–Trinajstić information content (AvgIpc) is 3.04. The third kappa shape index (κ3) is 3.21. The van der Waals surface area contributed by atoms with E-state index in [9.17, 15) is 9.59 Å². The highest BCUT2D eigenvalue weighted by Gasteiger charge is 2.28. The minimum absolute atomic E-state index is 0.155. The number of benzene rings is 2. The second kappa shape index (κ2) is 6.91. The van der Waals surface area contributed by atoms with Crippen LogP contribution >= 0.6 is 0 Å². The molecule has 1 amide bonds. The Balaban J connectivity index is 1.48. The van der Waals surface area contributed by atoms with Crippen molar-refractivity contribution < 1.29 is 14.3 Å². The number of rotatable bonds is 3. The predicted octanol–water partition coefficient (Wildman–Crippen LogP) is 3.31. The Hall–Kier alpha value is -3.08. The summed E-state index contributed by atoms with van der Waals surface area (Å²) in [6, 6.07) is 15.8. The first-order valence-electron chi connectivity index (χ1n) is 9.15. The maximum atomic E-state index is 12.8. The molecule has 5 nitrogen and oxygen atoms in total. The maximum Gasteiger partial charge on any atom is 0.341 e. The Morgan fingerprint density at radius 2 is 1.74 bits per heavy atom. The summed E-state index contributed by atoms with van der Waals surface area (Å²) in [4.78, 5) is 27.2. The number of aryl methyl sites for hydroxylation is 1. The molecule has 2 heterocycles. The van der Waals surface area contributed by atoms with Crippen LogP contribution in [-0.2, 0) is 29.5 Å². The summed E-state index contributed by atoms with van der Waals surface area (Å²) in [5.41, 5.74) is 3.87. The largest absolute Gasteiger partial charge is 0.449 e. The monoisotopic (exact) mass is 362 g/mol. The van der Waals surface area contributed by atoms with Gasteiger partial charge in [0.25, 0.3) is 5.91 Å². The van der Waals surface area contributed by atoms with Gasteiger partial charge in [-0.3, -0.25) is 4.79 Å². The van der Waals surface area contributed by atoms with E-state index in [2.05, 4.69) is 6.07 Å². The van der Waals surface area contributed by atoms with Gasteiger partial charge in [0.2, 0.25) is 0 Å². The van der Waals surface area contributed by atoms with Crippen molar-refractivity contribution in [1.82, 2.24) is 9.47 Å². The lowest BCUT2D eigenvalue weighted by Gasteiger charge is -2.30. The van der Waals surface area contributed by atoms with Crippen molar-refractivity contribution in [2.24, 2.45) is 7.05 Å². The molecule has 0 radical (unpaired) electrons. The van der Waals surface area contributed by atoms with E-state index in [4.69, 9.17) is 4.74 Å². The molecule has 138 valence electrons. The van der Waals surface area contributed by atoms with E-state index >= 15 is 0 Å². The third-order valence-electron chi connectivity index (χ3n) is 5.19. The smallest absolute Gasteiger partial charge is 0.341 e. The van der Waals surface area contributed by atoms with Crippen molar-refractivity contribution in [1.29, 1.82) is 0 Å². The van der Waals surface area contributed by atoms with Crippen LogP contribution in [0.5, 0.6) is 0 Å². The van der Waals surface area contributed by atoms with E-state index in [1.807, 2.05) is 54.1 Å². The molecule has 27 heavy (non-hydrogen) atoms. The van der Waals surface area contributed by atoms with Gasteiger partial charge in [0.1, 0.15) is 0 Å². The molecule has 0 N–H and O–H groups in total. The summed E-state index contributed by atoms with van der Waals surface area (Å²) in [6.07, 6.45) is 1.76. The van der Waals surface area contributed by atoms with E-state index in [1.54, 1.807) is 18.0 Å². The lowest BCUT2D eigenvalue weighted by atomic mass is 9.99. The van der Waals surface area contributed by atoms with Crippen LogP contribution in [0.25, 0.3) is 10.9 Å². The van der Waals surface area contributed by atoms with Gasteiger partial charge in [-0.2, -0.15) is 0 Å². The molecule has 4 rings (SSSR count). The first-order chi connectivity index (χ1) is 13.0. The Morgan fingerprint density at radius 1 is 1.04 bits per heavy atom. The van der Waals surface area contributed by atoms with Crippen molar-refractivity contribution in [3.63, 3.8) is 0 Å². The van der Waals surface area contributed by atoms with Crippen molar-refractivity contribution in [3.05, 3.63) is 71.4 Å². The highest BCUT2D eigenvalue weighted by Crippen LogP contribution is 2.23. The lowest BCUT2D eigenvalue weighted by Crippen LogP contribution is -2.42. The molecule has 1 aromatic heterocycles. The van der Waals surface area contributed by atoms with Gasteiger partial charge in [-0.15, -0.1) is 0 Å². The fraction of sp³-hybridized carbons (Fsp3) is 0.273. The van der Waals surface area contributed by atoms with Crippen molar-refractivity contribution in [2.75, 3.05) is 6.54 Å². The standard InChI is InChI=1S/C22H22N2O3/c1-15(21(25)24-12-11-16-7-3-4-8-17(16)13-24)27-22(26)19-14-23(2)20-10-6-5-9-18(19)20/h3-10,14-15H,11-13H2,1-2H3/t15-/m0/s1. The molecule has 1 aliphatic rings. The zero-order valence-corrected chi connectivity index (χ0v) is 15.5. The number of carbonyl (C=O) groups is 2. The van der Waals surface area contributed by atoms with Crippen LogP contribution in [0, 0.1) is 0 Å². The summed E-state index contributed by atoms with van der Waals surface area (Å²) in [5, 5.41) is 0.830. The van der Waals surface area contributed by atoms with Gasteiger partial charge >= 0.3 is 5.97 Å². The van der Waals surface area contributed by atoms with Gasteiger partial charge in [-0.05, 0) is 30.5 Å². The molecule has 0 saturated carbocycles. The van der Waals surface area contributed by atoms with Crippen LogP contribution in [0.15, 0.2) is 54.7 Å². The maximum absolute atomic E-state index is 12.8. The topological polar surface area (TPSA) is 51.5 Å². The Morgan fingerprint density at radius 3 is 2.56 bits per heavy atom. The second-order valence-corrected chi connectivity index (χ2v) is 7.00. The lowest BCUT2D eigenvalue weighted by molar-refractivity contribution is -0.140. The molecule has 1 aliphatic heterocycles. The van der Waals surface area contributed by atoms with E-state index in [1.165, 1.54) is 5.56 Å². The number of aromatic nitrogens is 1. The normalized spacial score (nSPS) is 14.7. The Bertz CT molecular complexity index is 1020. The van der Waals surface area contributed by atoms with Crippen molar-refractivity contribution in [3.8, 4) is 0 Å². The number of para-hydroxylation sites is 1. The quantitative estimate of drug-likeness (QED) is 0.672. The van der Waals surface area contributed by atoms with Gasteiger partial charge < -0.3 is 14.2 Å². The van der Waals surface area contributed by atoms with Crippen LogP contribution in [0.4, 0.5) is 0 Å². The molecule has 3 aromatic rings. The average molecular weight is 362 g/mol. The number of esters is 1. The number of carbonyl (C=O) groups excluding carboxylic acids is 2. The van der Waals surface area contributed by atoms with E-state index < -0.39 is 12.1 Å². The van der Waals surface area contributed by atoms with Crippen LogP contribution in [0.2, 0.25) is 0 Å². The third-order valence-corrected chi connectivity index (χ3v) is 5.19. The molecule has 0 fully saturated rings. The minimum Gasteiger partial charge on any atom is -0.449 e. The molecular weight excluding hydrogens is 340 g/mol. The summed E-state index contributed by atoms with van der Waals surface area (Å²) in [7, 11) is 1.89. The molecule has 0 saturated heterocycles. The molecule has 2 aromatic carbocycles. The van der Waals surface area contributed by atoms with Crippen LogP contribution in [0.3, 0.4) is 0 Å². The fourth-order valence-corrected chi connectivity index (χ4v) is 3.72. The summed E-state index contributed by atoms with van der Waals surface area (Å²) < 4.78 is 7.41. The first kappa shape index (κ1) is 17.3. The summed E-state index contributed by atoms with van der Waals surface area (Å²) >= 11 is 0. The van der Waals surface area contributed by atoms with Gasteiger partial charge in [-0.1, -0.05) is 42.5 Å². The van der Waals surface area contributed by atoms with Crippen LogP contribution < -0.4 is 0 Å². The molecule has 0 unspecified atom stereocenters. The van der Waals surface area contributed by atoms with E-state index in [0.717, 1.165) is 22.9 Å². The fourth-order valence-electron chi connectivity index (χ4n) is 3.72. The second-order valence-electron chi connectivity index (χ2n) is 7.00. The summed E-state index contributed by atoms with van der Waals surface area (Å²) in [6.45, 7) is 2.85. The SMILES string of the molecule is C[C@H](OC(=O)c1cn(C)c2ccccc12)C(=O)N1CCc2ccccc2C1. The number of nitrogens with zero attached hydrogens (tertiary/aromatic N) is 2. The van der Waals surface area contributed by atoms with Gasteiger partial charge in [-0.25, -0.2) is 4.79 Å². The number of hydrogen-bond donors (Lipinski definition) is 0. The highest BCUT2D eigenvalue weighted by molar-refractivity contribution is 6.05. The molecule has 0 spiro atoms. The number of ether oxygens (including phenoxy) is 1. The van der Waals surface area contributed by atoms with Crippen molar-refractivity contribution in [2.45, 2.75) is 26.0 Å². The molecule has 0 bridgehead atoms. The zero-order chi connectivity index (χ0) is 19.0. The molecule has 1 atom stereocenters. The first-order valence-corrected chi connectivity index (χ1v) is 9.15. The van der Waals surface area contributed by atoms with E-state index in [-0.39, 0.29) is 5.91 Å². The predicted molar refractivity (Wildman–Crippen MR) is 103 cm³/mol. The number of fused-ring (bicyclic) bond motifs is 2. The molecule has 0 aliphatic carbocycles. The van der Waals surface area contributed by atoms with E-state index in [0.29, 0.717) is 18.7 Å². The van der Waals surface area contributed by atoms with Gasteiger partial charge in [0, 0.05) is 37.2 Å². The minimum atomic E-state index is -0.818. The summed E-state index contributed by atoms with van der Waals surface area (Å²) in [5.74, 6) is -0.622. The zero-order valence-electron chi connectivity index (χ0n) is 15.5. The Kier molecular flexibility index (Phi) is 4.44. The Labute approximate surface area is 158 Å². The number of hydrogen-bond acceptors (Lipinski definition) is 3. The molecule has 5 heteroatoms. The van der Waals surface area contributed by atoms with Crippen LogP contribution in [-0.4, -0.2) is 34.0 Å². The molecular formula is C22H22N2O3.